The van der Waals surface area contributed by atoms with Crippen LogP contribution in [0.1, 0.15) is 11.1 Å². The van der Waals surface area contributed by atoms with Gasteiger partial charge in [-0.05, 0) is 35.9 Å². The zero-order valence-electron chi connectivity index (χ0n) is 19.2. The lowest BCUT2D eigenvalue weighted by Gasteiger charge is -2.35. The van der Waals surface area contributed by atoms with Gasteiger partial charge in [-0.2, -0.15) is 4.98 Å². The van der Waals surface area contributed by atoms with Crippen molar-refractivity contribution < 1.29 is 4.74 Å². The van der Waals surface area contributed by atoms with E-state index < -0.39 is 0 Å². The van der Waals surface area contributed by atoms with E-state index >= 15 is 0 Å². The molecule has 0 unspecified atom stereocenters. The molecule has 3 aromatic carbocycles. The Morgan fingerprint density at radius 3 is 2.41 bits per heavy atom. The highest BCUT2D eigenvalue weighted by Crippen LogP contribution is 2.26. The standard InChI is InChI=1S/C27H28ClN5O/c1-34-25-9-5-2-6-21(25)18-29-26-23-7-3-4-8-24(23)30-27(31-26)33-16-14-32(15-17-33)19-20-10-12-22(28)13-11-20/h2-13H,14-19H2,1H3,(H,29,30,31). The van der Waals surface area contributed by atoms with Crippen LogP contribution < -0.4 is 15.0 Å². The maximum Gasteiger partial charge on any atom is 0.227 e. The number of benzene rings is 3. The molecule has 7 heteroatoms. The van der Waals surface area contributed by atoms with Crippen LogP contribution >= 0.6 is 11.6 Å². The molecule has 4 aromatic rings. The average Bonchev–Trinajstić information content (AvgIpc) is 2.89. The number of halogens is 1. The third-order valence-electron chi connectivity index (χ3n) is 6.20. The maximum absolute atomic E-state index is 6.02. The molecule has 174 valence electrons. The summed E-state index contributed by atoms with van der Waals surface area (Å²) in [7, 11) is 1.70. The van der Waals surface area contributed by atoms with E-state index in [1.54, 1.807) is 7.11 Å². The van der Waals surface area contributed by atoms with Gasteiger partial charge in [-0.15, -0.1) is 0 Å². The van der Waals surface area contributed by atoms with Crippen molar-refractivity contribution in [1.29, 1.82) is 0 Å². The van der Waals surface area contributed by atoms with E-state index in [2.05, 4.69) is 39.4 Å². The Labute approximate surface area is 205 Å². The summed E-state index contributed by atoms with van der Waals surface area (Å²) in [6, 6.07) is 24.3. The van der Waals surface area contributed by atoms with Crippen LogP contribution in [-0.2, 0) is 13.1 Å². The summed E-state index contributed by atoms with van der Waals surface area (Å²) in [6.07, 6.45) is 0. The van der Waals surface area contributed by atoms with E-state index in [1.165, 1.54) is 5.56 Å². The van der Waals surface area contributed by atoms with Crippen LogP contribution in [0.3, 0.4) is 0 Å². The number of anilines is 2. The molecular weight excluding hydrogens is 446 g/mol. The van der Waals surface area contributed by atoms with Gasteiger partial charge in [0.1, 0.15) is 11.6 Å². The normalized spacial score (nSPS) is 14.4. The van der Waals surface area contributed by atoms with Crippen molar-refractivity contribution in [3.05, 3.63) is 88.9 Å². The van der Waals surface area contributed by atoms with Gasteiger partial charge in [0.15, 0.2) is 0 Å². The number of hydrogen-bond donors (Lipinski definition) is 1. The van der Waals surface area contributed by atoms with Gasteiger partial charge in [-0.25, -0.2) is 4.98 Å². The fourth-order valence-corrected chi connectivity index (χ4v) is 4.45. The predicted octanol–water partition coefficient (Wildman–Crippen LogP) is 5.23. The Kier molecular flexibility index (Phi) is 6.79. The molecule has 0 aliphatic carbocycles. The van der Waals surface area contributed by atoms with Gasteiger partial charge in [-0.3, -0.25) is 4.90 Å². The molecule has 1 fully saturated rings. The molecule has 0 saturated carbocycles. The summed E-state index contributed by atoms with van der Waals surface area (Å²) in [5.41, 5.74) is 3.31. The van der Waals surface area contributed by atoms with Crippen LogP contribution in [0.25, 0.3) is 10.9 Å². The monoisotopic (exact) mass is 473 g/mol. The highest BCUT2D eigenvalue weighted by atomic mass is 35.5. The quantitative estimate of drug-likeness (QED) is 0.397. The van der Waals surface area contributed by atoms with Crippen molar-refractivity contribution in [1.82, 2.24) is 14.9 Å². The van der Waals surface area contributed by atoms with E-state index in [4.69, 9.17) is 26.3 Å². The summed E-state index contributed by atoms with van der Waals surface area (Å²) in [5, 5.41) is 5.32. The molecule has 0 amide bonds. The molecular formula is C27H28ClN5O. The second kappa shape index (κ2) is 10.3. The average molecular weight is 474 g/mol. The summed E-state index contributed by atoms with van der Waals surface area (Å²) < 4.78 is 5.51. The van der Waals surface area contributed by atoms with E-state index in [0.717, 1.165) is 71.7 Å². The minimum atomic E-state index is 0.624. The zero-order valence-corrected chi connectivity index (χ0v) is 20.0. The third kappa shape index (κ3) is 5.08. The summed E-state index contributed by atoms with van der Waals surface area (Å²) in [5.74, 6) is 2.48. The van der Waals surface area contributed by atoms with Crippen molar-refractivity contribution in [2.75, 3.05) is 43.5 Å². The molecule has 1 aliphatic heterocycles. The van der Waals surface area contributed by atoms with E-state index in [0.29, 0.717) is 6.54 Å². The molecule has 34 heavy (non-hydrogen) atoms. The van der Waals surface area contributed by atoms with Crippen LogP contribution in [0, 0.1) is 0 Å². The zero-order chi connectivity index (χ0) is 23.3. The minimum Gasteiger partial charge on any atom is -0.496 e. The molecule has 0 spiro atoms. The summed E-state index contributed by atoms with van der Waals surface area (Å²) in [4.78, 5) is 14.6. The Bertz CT molecular complexity index is 1260. The lowest BCUT2D eigenvalue weighted by Crippen LogP contribution is -2.46. The van der Waals surface area contributed by atoms with Gasteiger partial charge in [-0.1, -0.05) is 54.1 Å². The maximum atomic E-state index is 6.02. The molecule has 2 heterocycles. The SMILES string of the molecule is COc1ccccc1CNc1nc(N2CCN(Cc3ccc(Cl)cc3)CC2)nc2ccccc12. The first-order valence-corrected chi connectivity index (χ1v) is 11.9. The van der Waals surface area contributed by atoms with E-state index in [9.17, 15) is 0 Å². The van der Waals surface area contributed by atoms with Gasteiger partial charge in [0.05, 0.1) is 12.6 Å². The topological polar surface area (TPSA) is 53.5 Å². The third-order valence-corrected chi connectivity index (χ3v) is 6.46. The number of hydrogen-bond acceptors (Lipinski definition) is 6. The lowest BCUT2D eigenvalue weighted by molar-refractivity contribution is 0.249. The van der Waals surface area contributed by atoms with Gasteiger partial charge in [0, 0.05) is 55.2 Å². The smallest absolute Gasteiger partial charge is 0.227 e. The largest absolute Gasteiger partial charge is 0.496 e. The van der Waals surface area contributed by atoms with Crippen LogP contribution in [-0.4, -0.2) is 48.2 Å². The second-order valence-electron chi connectivity index (χ2n) is 8.44. The van der Waals surface area contributed by atoms with E-state index in [-0.39, 0.29) is 0 Å². The van der Waals surface area contributed by atoms with Crippen molar-refractivity contribution >= 4 is 34.3 Å². The number of ether oxygens (including phenoxy) is 1. The first kappa shape index (κ1) is 22.4. The van der Waals surface area contributed by atoms with Crippen molar-refractivity contribution in [3.8, 4) is 5.75 Å². The van der Waals surface area contributed by atoms with Gasteiger partial charge in [0.25, 0.3) is 0 Å². The lowest BCUT2D eigenvalue weighted by atomic mass is 10.2. The number of aromatic nitrogens is 2. The van der Waals surface area contributed by atoms with Crippen molar-refractivity contribution in [2.45, 2.75) is 13.1 Å². The Morgan fingerprint density at radius 1 is 0.882 bits per heavy atom. The molecule has 5 rings (SSSR count). The van der Waals surface area contributed by atoms with Crippen LogP contribution in [0.4, 0.5) is 11.8 Å². The van der Waals surface area contributed by atoms with Crippen molar-refractivity contribution in [2.24, 2.45) is 0 Å². The first-order chi connectivity index (χ1) is 16.7. The number of rotatable bonds is 7. The van der Waals surface area contributed by atoms with Crippen LogP contribution in [0.2, 0.25) is 5.02 Å². The summed E-state index contributed by atoms with van der Waals surface area (Å²) >= 11 is 6.02. The Balaban J connectivity index is 1.31. The first-order valence-electron chi connectivity index (χ1n) is 11.5. The van der Waals surface area contributed by atoms with E-state index in [1.807, 2.05) is 48.5 Å². The fourth-order valence-electron chi connectivity index (χ4n) is 4.32. The Morgan fingerprint density at radius 2 is 1.62 bits per heavy atom. The number of fused-ring (bicyclic) bond motifs is 1. The number of piperazine rings is 1. The highest BCUT2D eigenvalue weighted by molar-refractivity contribution is 6.30. The molecule has 0 atom stereocenters. The number of nitrogens with zero attached hydrogens (tertiary/aromatic N) is 4. The number of para-hydroxylation sites is 2. The second-order valence-corrected chi connectivity index (χ2v) is 8.88. The van der Waals surface area contributed by atoms with Gasteiger partial charge < -0.3 is 15.0 Å². The molecule has 0 bridgehead atoms. The molecule has 1 aromatic heterocycles. The molecule has 1 saturated heterocycles. The summed E-state index contributed by atoms with van der Waals surface area (Å²) in [6.45, 7) is 5.25. The molecule has 0 radical (unpaired) electrons. The molecule has 1 N–H and O–H groups in total. The van der Waals surface area contributed by atoms with Crippen molar-refractivity contribution in [3.63, 3.8) is 0 Å². The molecule has 6 nitrogen and oxygen atoms in total. The van der Waals surface area contributed by atoms with Crippen LogP contribution in [0.5, 0.6) is 5.75 Å². The number of nitrogens with one attached hydrogen (secondary N) is 1. The fraction of sp³-hybridized carbons (Fsp3) is 0.259. The molecule has 1 aliphatic rings. The predicted molar refractivity (Wildman–Crippen MR) is 139 cm³/mol. The Hall–Kier alpha value is -3.35. The van der Waals surface area contributed by atoms with Gasteiger partial charge in [0.2, 0.25) is 5.95 Å². The van der Waals surface area contributed by atoms with Gasteiger partial charge >= 0.3 is 0 Å². The highest BCUT2D eigenvalue weighted by Gasteiger charge is 2.20. The van der Waals surface area contributed by atoms with Crippen LogP contribution in [0.15, 0.2) is 72.8 Å². The minimum absolute atomic E-state index is 0.624. The number of methoxy groups -OCH3 is 1.